The molecule has 4 rings (SSSR count). The van der Waals surface area contributed by atoms with E-state index in [0.29, 0.717) is 34.9 Å². The van der Waals surface area contributed by atoms with Crippen molar-refractivity contribution in [2.24, 2.45) is 0 Å². The summed E-state index contributed by atoms with van der Waals surface area (Å²) >= 11 is 0. The number of piperidine rings is 1. The van der Waals surface area contributed by atoms with E-state index in [1.54, 1.807) is 32.4 Å². The topological polar surface area (TPSA) is 117 Å². The second-order valence-electron chi connectivity index (χ2n) is 7.49. The number of benzene rings is 2. The molecule has 3 amide bonds. The lowest BCUT2D eigenvalue weighted by molar-refractivity contribution is -0.167. The van der Waals surface area contributed by atoms with Gasteiger partial charge in [0.15, 0.2) is 0 Å². The molecule has 2 aliphatic heterocycles. The smallest absolute Gasteiger partial charge is 0.279 e. The molecule has 2 aromatic carbocycles. The molecule has 1 saturated heterocycles. The first-order chi connectivity index (χ1) is 14.9. The third-order valence-corrected chi connectivity index (χ3v) is 5.63. The van der Waals surface area contributed by atoms with Crippen LogP contribution in [0.3, 0.4) is 0 Å². The van der Waals surface area contributed by atoms with Gasteiger partial charge in [-0.15, -0.1) is 0 Å². The monoisotopic (exact) mass is 425 g/mol. The third-order valence-electron chi connectivity index (χ3n) is 5.63. The lowest BCUT2D eigenvalue weighted by Crippen LogP contribution is -2.63. The number of hydrogen-bond acceptors (Lipinski definition) is 7. The van der Waals surface area contributed by atoms with Crippen LogP contribution in [-0.4, -0.2) is 47.7 Å². The molecule has 0 bridgehead atoms. The van der Waals surface area contributed by atoms with Crippen LogP contribution in [0.15, 0.2) is 36.4 Å². The fourth-order valence-electron chi connectivity index (χ4n) is 3.91. The Labute approximate surface area is 178 Å². The molecule has 2 aliphatic rings. The molecular formula is C22H23N3O6. The van der Waals surface area contributed by atoms with Crippen molar-refractivity contribution >= 4 is 23.4 Å². The first-order valence-corrected chi connectivity index (χ1v) is 9.82. The molecule has 31 heavy (non-hydrogen) atoms. The lowest BCUT2D eigenvalue weighted by atomic mass is 10.00. The van der Waals surface area contributed by atoms with Crippen molar-refractivity contribution in [3.63, 3.8) is 0 Å². The van der Waals surface area contributed by atoms with Gasteiger partial charge in [0, 0.05) is 42.3 Å². The van der Waals surface area contributed by atoms with Crippen LogP contribution in [0.25, 0.3) is 0 Å². The number of nitrogens with one attached hydrogen (secondary N) is 2. The molecule has 2 heterocycles. The van der Waals surface area contributed by atoms with E-state index in [4.69, 9.17) is 9.47 Å². The zero-order valence-corrected chi connectivity index (χ0v) is 17.2. The number of carbonyl (C=O) groups is 3. The van der Waals surface area contributed by atoms with Crippen LogP contribution in [0.2, 0.25) is 0 Å². The third kappa shape index (κ3) is 3.68. The van der Waals surface area contributed by atoms with Gasteiger partial charge in [0.25, 0.3) is 11.8 Å². The van der Waals surface area contributed by atoms with Crippen molar-refractivity contribution in [3.05, 3.63) is 53.1 Å². The second-order valence-corrected chi connectivity index (χ2v) is 7.49. The number of rotatable bonds is 6. The van der Waals surface area contributed by atoms with E-state index < -0.39 is 23.4 Å². The highest BCUT2D eigenvalue weighted by atomic mass is 16.5. The van der Waals surface area contributed by atoms with Crippen molar-refractivity contribution < 1.29 is 29.0 Å². The lowest BCUT2D eigenvalue weighted by Gasteiger charge is -2.37. The quantitative estimate of drug-likeness (QED) is 0.599. The number of fused-ring (bicyclic) bond motifs is 1. The van der Waals surface area contributed by atoms with E-state index in [0.717, 1.165) is 10.5 Å². The van der Waals surface area contributed by atoms with E-state index in [1.165, 1.54) is 0 Å². The number of imide groups is 1. The number of aliphatic hydroxyl groups is 1. The summed E-state index contributed by atoms with van der Waals surface area (Å²) in [7, 11) is 3.16. The van der Waals surface area contributed by atoms with E-state index in [-0.39, 0.29) is 19.4 Å². The minimum atomic E-state index is -2.05. The van der Waals surface area contributed by atoms with E-state index in [9.17, 15) is 19.5 Å². The van der Waals surface area contributed by atoms with E-state index in [1.807, 2.05) is 18.2 Å². The van der Waals surface area contributed by atoms with Crippen molar-refractivity contribution in [2.45, 2.75) is 31.7 Å². The number of hydrogen-bond donors (Lipinski definition) is 3. The number of amides is 3. The molecule has 1 atom stereocenters. The number of nitrogens with zero attached hydrogens (tertiary/aromatic N) is 1. The van der Waals surface area contributed by atoms with Crippen molar-refractivity contribution in [1.29, 1.82) is 0 Å². The predicted molar refractivity (Wildman–Crippen MR) is 111 cm³/mol. The van der Waals surface area contributed by atoms with Gasteiger partial charge in [-0.1, -0.05) is 6.07 Å². The molecule has 2 aromatic rings. The summed E-state index contributed by atoms with van der Waals surface area (Å²) in [6, 6.07) is 10.8. The molecule has 1 fully saturated rings. The van der Waals surface area contributed by atoms with Gasteiger partial charge >= 0.3 is 0 Å². The van der Waals surface area contributed by atoms with Crippen LogP contribution in [0.1, 0.15) is 34.3 Å². The van der Waals surface area contributed by atoms with Crippen LogP contribution >= 0.6 is 0 Å². The van der Waals surface area contributed by atoms with Gasteiger partial charge in [-0.2, -0.15) is 0 Å². The van der Waals surface area contributed by atoms with Gasteiger partial charge < -0.3 is 19.9 Å². The average Bonchev–Trinajstić information content (AvgIpc) is 3.12. The number of carbonyl (C=O) groups excluding carboxylic acids is 3. The maximum atomic E-state index is 13.0. The van der Waals surface area contributed by atoms with Crippen LogP contribution in [0.4, 0.5) is 5.69 Å². The minimum absolute atomic E-state index is 0.0366. The Bertz CT molecular complexity index is 1050. The van der Waals surface area contributed by atoms with Crippen molar-refractivity contribution in [1.82, 2.24) is 10.2 Å². The van der Waals surface area contributed by atoms with Gasteiger partial charge in [-0.05, 0) is 29.8 Å². The summed E-state index contributed by atoms with van der Waals surface area (Å²) in [5.74, 6) is -0.460. The van der Waals surface area contributed by atoms with Crippen LogP contribution in [0, 0.1) is 0 Å². The number of ether oxygens (including phenoxy) is 2. The molecule has 0 spiro atoms. The first kappa shape index (κ1) is 20.7. The molecule has 0 aromatic heterocycles. The van der Waals surface area contributed by atoms with Gasteiger partial charge in [-0.3, -0.25) is 24.6 Å². The molecule has 0 aliphatic carbocycles. The van der Waals surface area contributed by atoms with Crippen molar-refractivity contribution in [2.75, 3.05) is 19.5 Å². The zero-order chi connectivity index (χ0) is 22.2. The Morgan fingerprint density at radius 2 is 1.84 bits per heavy atom. The fraction of sp³-hybridized carbons (Fsp3) is 0.318. The van der Waals surface area contributed by atoms with Crippen molar-refractivity contribution in [3.8, 4) is 11.5 Å². The minimum Gasteiger partial charge on any atom is -0.497 e. The standard InChI is InChI=1S/C22H23N3O6/c1-30-14-8-13(9-15(10-14)31-2)11-23-18-5-3-4-16-17(18)12-25(20(16)27)22(29)7-6-19(26)24-21(22)28/h3-5,8-10,23,29H,6-7,11-12H2,1-2H3,(H,24,26,28). The highest BCUT2D eigenvalue weighted by Gasteiger charge is 2.51. The summed E-state index contributed by atoms with van der Waals surface area (Å²) in [5, 5.41) is 16.3. The highest BCUT2D eigenvalue weighted by Crippen LogP contribution is 2.36. The molecule has 0 radical (unpaired) electrons. The Kier molecular flexibility index (Phi) is 5.28. The van der Waals surface area contributed by atoms with Gasteiger partial charge in [0.05, 0.1) is 20.8 Å². The first-order valence-electron chi connectivity index (χ1n) is 9.82. The summed E-state index contributed by atoms with van der Waals surface area (Å²) in [4.78, 5) is 37.9. The summed E-state index contributed by atoms with van der Waals surface area (Å²) in [6.07, 6.45) is -0.172. The van der Waals surface area contributed by atoms with Gasteiger partial charge in [0.1, 0.15) is 11.5 Å². The maximum absolute atomic E-state index is 13.0. The van der Waals surface area contributed by atoms with Gasteiger partial charge in [0.2, 0.25) is 11.6 Å². The molecule has 9 nitrogen and oxygen atoms in total. The molecular weight excluding hydrogens is 402 g/mol. The Hall–Kier alpha value is -3.59. The van der Waals surface area contributed by atoms with Gasteiger partial charge in [-0.25, -0.2) is 0 Å². The van der Waals surface area contributed by atoms with Crippen LogP contribution in [0.5, 0.6) is 11.5 Å². The Morgan fingerprint density at radius 3 is 2.48 bits per heavy atom. The molecule has 1 unspecified atom stereocenters. The number of methoxy groups -OCH3 is 2. The van der Waals surface area contributed by atoms with Crippen LogP contribution in [-0.2, 0) is 22.7 Å². The number of anilines is 1. The average molecular weight is 425 g/mol. The second kappa shape index (κ2) is 7.92. The summed E-state index contributed by atoms with van der Waals surface area (Å²) in [6.45, 7) is 0.494. The summed E-state index contributed by atoms with van der Waals surface area (Å²) in [5.41, 5.74) is 0.665. The fourth-order valence-corrected chi connectivity index (χ4v) is 3.91. The highest BCUT2D eigenvalue weighted by molar-refractivity contribution is 6.07. The molecule has 3 N–H and O–H groups in total. The molecule has 9 heteroatoms. The van der Waals surface area contributed by atoms with E-state index in [2.05, 4.69) is 10.6 Å². The SMILES string of the molecule is COc1cc(CNc2cccc3c2CN(C2(O)CCC(=O)NC2=O)C3=O)cc(OC)c1. The Balaban J connectivity index is 1.57. The summed E-state index contributed by atoms with van der Waals surface area (Å²) < 4.78 is 10.6. The largest absolute Gasteiger partial charge is 0.497 e. The zero-order valence-electron chi connectivity index (χ0n) is 17.2. The van der Waals surface area contributed by atoms with Crippen LogP contribution < -0.4 is 20.1 Å². The van der Waals surface area contributed by atoms with E-state index >= 15 is 0 Å². The predicted octanol–water partition coefficient (Wildman–Crippen LogP) is 1.40. The normalized spacial score (nSPS) is 20.4. The molecule has 162 valence electrons. The Morgan fingerprint density at radius 1 is 1.13 bits per heavy atom. The molecule has 0 saturated carbocycles. The maximum Gasteiger partial charge on any atom is 0.279 e.